The zero-order chi connectivity index (χ0) is 19.6. The normalized spacial score (nSPS) is 21.9. The van der Waals surface area contributed by atoms with Crippen LogP contribution in [0.1, 0.15) is 46.5 Å². The lowest BCUT2D eigenvalue weighted by atomic mass is 9.85. The number of ether oxygens (including phenoxy) is 1. The van der Waals surface area contributed by atoms with Crippen LogP contribution in [-0.2, 0) is 14.3 Å². The average molecular weight is 364 g/mol. The standard InChI is InChI=1S/C21H32O5/c1-4-26-15-21(2,3)19(23)14-12-16-11-13-18(22)17(16)9-7-5-6-8-10-20(24)25/h5,7,11-14,16-17,19,23H,4,6,8-10,15H2,1-3H3,(H,24,25)/b7-5-,14-12+. The Bertz CT molecular complexity index is 545. The molecule has 5 nitrogen and oxygen atoms in total. The molecule has 0 aliphatic heterocycles. The third-order valence-corrected chi connectivity index (χ3v) is 4.63. The summed E-state index contributed by atoms with van der Waals surface area (Å²) in [6.45, 7) is 6.90. The third-order valence-electron chi connectivity index (χ3n) is 4.63. The number of allylic oxidation sites excluding steroid dienone is 5. The number of aliphatic hydroxyl groups is 1. The highest BCUT2D eigenvalue weighted by Gasteiger charge is 2.29. The largest absolute Gasteiger partial charge is 0.481 e. The molecule has 3 atom stereocenters. The predicted octanol–water partition coefficient (Wildman–Crippen LogP) is 3.54. The van der Waals surface area contributed by atoms with Gasteiger partial charge in [0.2, 0.25) is 0 Å². The summed E-state index contributed by atoms with van der Waals surface area (Å²) in [6.07, 6.45) is 12.5. The number of hydrogen-bond acceptors (Lipinski definition) is 4. The van der Waals surface area contributed by atoms with Crippen LogP contribution in [0.5, 0.6) is 0 Å². The third kappa shape index (κ3) is 7.67. The van der Waals surface area contributed by atoms with Crippen molar-refractivity contribution in [3.8, 4) is 0 Å². The molecule has 1 aliphatic carbocycles. The first-order valence-corrected chi connectivity index (χ1v) is 9.31. The summed E-state index contributed by atoms with van der Waals surface area (Å²) in [4.78, 5) is 22.5. The maximum absolute atomic E-state index is 12.1. The molecule has 0 aromatic carbocycles. The number of carbonyl (C=O) groups excluding carboxylic acids is 1. The van der Waals surface area contributed by atoms with Gasteiger partial charge in [0, 0.05) is 30.3 Å². The van der Waals surface area contributed by atoms with Crippen LogP contribution in [0.4, 0.5) is 0 Å². The zero-order valence-corrected chi connectivity index (χ0v) is 16.1. The van der Waals surface area contributed by atoms with Crippen molar-refractivity contribution in [2.24, 2.45) is 17.3 Å². The van der Waals surface area contributed by atoms with Gasteiger partial charge in [-0.15, -0.1) is 0 Å². The van der Waals surface area contributed by atoms with Gasteiger partial charge in [-0.25, -0.2) is 0 Å². The van der Waals surface area contributed by atoms with Crippen LogP contribution in [0.2, 0.25) is 0 Å². The number of carboxylic acids is 1. The summed E-state index contributed by atoms with van der Waals surface area (Å²) >= 11 is 0. The molecule has 1 aliphatic rings. The van der Waals surface area contributed by atoms with E-state index in [1.165, 1.54) is 0 Å². The van der Waals surface area contributed by atoms with E-state index in [0.717, 1.165) is 0 Å². The maximum atomic E-state index is 12.1. The van der Waals surface area contributed by atoms with Gasteiger partial charge in [0.15, 0.2) is 5.78 Å². The molecule has 3 unspecified atom stereocenters. The molecule has 0 fully saturated rings. The fourth-order valence-electron chi connectivity index (χ4n) is 2.80. The van der Waals surface area contributed by atoms with E-state index in [4.69, 9.17) is 9.84 Å². The van der Waals surface area contributed by atoms with E-state index in [1.807, 2.05) is 45.1 Å². The second-order valence-corrected chi connectivity index (χ2v) is 7.39. The number of ketones is 1. The molecule has 0 heterocycles. The van der Waals surface area contributed by atoms with Gasteiger partial charge in [-0.05, 0) is 32.3 Å². The number of aliphatic hydroxyl groups excluding tert-OH is 1. The van der Waals surface area contributed by atoms with Gasteiger partial charge in [0.25, 0.3) is 0 Å². The Labute approximate surface area is 156 Å². The van der Waals surface area contributed by atoms with Crippen molar-refractivity contribution in [3.63, 3.8) is 0 Å². The SMILES string of the molecule is CCOCC(C)(C)C(O)/C=C/C1C=CC(=O)C1C/C=C\CCCC(=O)O. The predicted molar refractivity (Wildman–Crippen MR) is 102 cm³/mol. The second-order valence-electron chi connectivity index (χ2n) is 7.39. The molecule has 146 valence electrons. The number of hydrogen-bond donors (Lipinski definition) is 2. The van der Waals surface area contributed by atoms with Crippen LogP contribution in [-0.4, -0.2) is 41.3 Å². The van der Waals surface area contributed by atoms with Gasteiger partial charge in [-0.3, -0.25) is 9.59 Å². The molecule has 0 bridgehead atoms. The second kappa shape index (κ2) is 11.1. The number of aliphatic carboxylic acids is 1. The Morgan fingerprint density at radius 2 is 2.12 bits per heavy atom. The molecule has 5 heteroatoms. The molecular formula is C21H32O5. The van der Waals surface area contributed by atoms with Gasteiger partial charge in [0.1, 0.15) is 0 Å². The summed E-state index contributed by atoms with van der Waals surface area (Å²) in [7, 11) is 0. The monoisotopic (exact) mass is 364 g/mol. The van der Waals surface area contributed by atoms with Crippen LogP contribution >= 0.6 is 0 Å². The molecule has 0 radical (unpaired) electrons. The van der Waals surface area contributed by atoms with Gasteiger partial charge >= 0.3 is 5.97 Å². The van der Waals surface area contributed by atoms with Crippen molar-refractivity contribution in [1.29, 1.82) is 0 Å². The van der Waals surface area contributed by atoms with Crippen LogP contribution in [0, 0.1) is 17.3 Å². The van der Waals surface area contributed by atoms with Crippen molar-refractivity contribution in [2.75, 3.05) is 13.2 Å². The van der Waals surface area contributed by atoms with Crippen molar-refractivity contribution in [2.45, 2.75) is 52.6 Å². The molecule has 0 aromatic rings. The van der Waals surface area contributed by atoms with Crippen molar-refractivity contribution in [1.82, 2.24) is 0 Å². The van der Waals surface area contributed by atoms with E-state index >= 15 is 0 Å². The van der Waals surface area contributed by atoms with E-state index in [-0.39, 0.29) is 24.0 Å². The smallest absolute Gasteiger partial charge is 0.303 e. The van der Waals surface area contributed by atoms with E-state index in [9.17, 15) is 14.7 Å². The lowest BCUT2D eigenvalue weighted by Gasteiger charge is -2.28. The highest BCUT2D eigenvalue weighted by atomic mass is 16.5. The fourth-order valence-corrected chi connectivity index (χ4v) is 2.80. The first kappa shape index (κ1) is 22.3. The summed E-state index contributed by atoms with van der Waals surface area (Å²) in [5, 5.41) is 19.0. The van der Waals surface area contributed by atoms with Gasteiger partial charge in [-0.1, -0.05) is 44.2 Å². The Morgan fingerprint density at radius 1 is 1.38 bits per heavy atom. The molecule has 0 aromatic heterocycles. The Hall–Kier alpha value is -1.72. The average Bonchev–Trinajstić information content (AvgIpc) is 2.93. The fraction of sp³-hybridized carbons (Fsp3) is 0.619. The minimum absolute atomic E-state index is 0.0243. The first-order valence-electron chi connectivity index (χ1n) is 9.31. The van der Waals surface area contributed by atoms with E-state index < -0.39 is 17.5 Å². The molecule has 0 amide bonds. The molecule has 0 spiro atoms. The molecule has 2 N–H and O–H groups in total. The van der Waals surface area contributed by atoms with Gasteiger partial charge in [0.05, 0.1) is 12.7 Å². The molecule has 26 heavy (non-hydrogen) atoms. The van der Waals surface area contributed by atoms with Crippen molar-refractivity contribution >= 4 is 11.8 Å². The maximum Gasteiger partial charge on any atom is 0.303 e. The summed E-state index contributed by atoms with van der Waals surface area (Å²) < 4.78 is 5.42. The van der Waals surface area contributed by atoms with Crippen LogP contribution in [0.25, 0.3) is 0 Å². The van der Waals surface area contributed by atoms with Gasteiger partial charge < -0.3 is 14.9 Å². The minimum Gasteiger partial charge on any atom is -0.481 e. The molecule has 0 saturated heterocycles. The van der Waals surface area contributed by atoms with Crippen LogP contribution < -0.4 is 0 Å². The highest BCUT2D eigenvalue weighted by Crippen LogP contribution is 2.29. The number of carbonyl (C=O) groups is 2. The molecular weight excluding hydrogens is 332 g/mol. The molecule has 0 saturated carbocycles. The van der Waals surface area contributed by atoms with Crippen LogP contribution in [0.3, 0.4) is 0 Å². The summed E-state index contributed by atoms with van der Waals surface area (Å²) in [5.41, 5.74) is -0.390. The highest BCUT2D eigenvalue weighted by molar-refractivity contribution is 5.95. The topological polar surface area (TPSA) is 83.8 Å². The first-order chi connectivity index (χ1) is 12.3. The Kier molecular flexibility index (Phi) is 9.52. The lowest BCUT2D eigenvalue weighted by Crippen LogP contribution is -2.32. The number of rotatable bonds is 12. The summed E-state index contributed by atoms with van der Waals surface area (Å²) in [5.74, 6) is -0.865. The minimum atomic E-state index is -0.787. The quantitative estimate of drug-likeness (QED) is 0.409. The van der Waals surface area contributed by atoms with E-state index in [2.05, 4.69) is 0 Å². The Balaban J connectivity index is 2.54. The van der Waals surface area contributed by atoms with Crippen LogP contribution in [0.15, 0.2) is 36.5 Å². The van der Waals surface area contributed by atoms with Crippen molar-refractivity contribution in [3.05, 3.63) is 36.5 Å². The van der Waals surface area contributed by atoms with Crippen molar-refractivity contribution < 1.29 is 24.5 Å². The Morgan fingerprint density at radius 3 is 2.77 bits per heavy atom. The lowest BCUT2D eigenvalue weighted by molar-refractivity contribution is -0.137. The molecule has 1 rings (SSSR count). The number of unbranched alkanes of at least 4 members (excludes halogenated alkanes) is 1. The number of carboxylic acid groups (broad SMARTS) is 1. The van der Waals surface area contributed by atoms with Gasteiger partial charge in [-0.2, -0.15) is 0 Å². The van der Waals surface area contributed by atoms with E-state index in [0.29, 0.717) is 32.5 Å². The summed E-state index contributed by atoms with van der Waals surface area (Å²) in [6, 6.07) is 0. The van der Waals surface area contributed by atoms with E-state index in [1.54, 1.807) is 12.2 Å². The zero-order valence-electron chi connectivity index (χ0n) is 16.1.